The number of carbonyl (C=O) groups excluding carboxylic acids is 7. The Balaban J connectivity index is 1.51. The maximum Gasteiger partial charge on any atom is 0.303 e. The van der Waals surface area contributed by atoms with E-state index in [1.165, 1.54) is 0 Å². The Kier molecular flexibility index (Phi) is 15.4. The summed E-state index contributed by atoms with van der Waals surface area (Å²) in [5.41, 5.74) is 0. The van der Waals surface area contributed by atoms with Crippen LogP contribution in [0.5, 0.6) is 0 Å². The molecule has 5 saturated heterocycles. The SMILES string of the molecule is CC(=O)OCC1O[C@@H](OCC2O[C@@H]3OC(C)(C)OC3C3OC(C)(C)O[C@@H]23)C(OC(C)=O)C(OC(C)=O)[C@@H]1O[C@@H]1OC(COC(C)=O)[C@H](OC(C)=O)C(OC(C)=O)C1OC(C)=O. The molecule has 0 spiro atoms. The number of esters is 7. The largest absolute Gasteiger partial charge is 0.463 e. The molecule has 0 radical (unpaired) electrons. The lowest BCUT2D eigenvalue weighted by molar-refractivity contribution is -0.364. The van der Waals surface area contributed by atoms with Gasteiger partial charge in [0.1, 0.15) is 55.9 Å². The van der Waals surface area contributed by atoms with Crippen molar-refractivity contribution >= 4 is 41.8 Å². The van der Waals surface area contributed by atoms with Crippen LogP contribution in [-0.2, 0) is 109 Å². The van der Waals surface area contributed by atoms with Crippen molar-refractivity contribution in [2.75, 3.05) is 19.8 Å². The first kappa shape index (κ1) is 48.0. The van der Waals surface area contributed by atoms with Crippen LogP contribution in [0.2, 0.25) is 0 Å². The lowest BCUT2D eigenvalue weighted by atomic mass is 9.95. The molecule has 61 heavy (non-hydrogen) atoms. The highest BCUT2D eigenvalue weighted by Gasteiger charge is 2.62. The summed E-state index contributed by atoms with van der Waals surface area (Å²) in [6.45, 7) is 12.8. The molecule has 0 aromatic rings. The summed E-state index contributed by atoms with van der Waals surface area (Å²) >= 11 is 0. The van der Waals surface area contributed by atoms with Gasteiger partial charge < -0.3 is 75.8 Å². The van der Waals surface area contributed by atoms with E-state index in [1.54, 1.807) is 27.7 Å². The summed E-state index contributed by atoms with van der Waals surface area (Å²) in [5, 5.41) is 0. The second kappa shape index (κ2) is 19.5. The van der Waals surface area contributed by atoms with Gasteiger partial charge in [0.25, 0.3) is 0 Å². The van der Waals surface area contributed by atoms with E-state index in [9.17, 15) is 33.6 Å². The van der Waals surface area contributed by atoms with Crippen molar-refractivity contribution < 1.29 is 109 Å². The van der Waals surface area contributed by atoms with Gasteiger partial charge >= 0.3 is 41.8 Å². The molecule has 344 valence electrons. The minimum Gasteiger partial charge on any atom is -0.463 e. The maximum atomic E-state index is 12.8. The van der Waals surface area contributed by atoms with Gasteiger partial charge in [-0.1, -0.05) is 0 Å². The van der Waals surface area contributed by atoms with E-state index in [4.69, 9.17) is 75.8 Å². The normalized spacial score (nSPS) is 37.2. The second-order valence-electron chi connectivity index (χ2n) is 15.7. The fraction of sp³-hybridized carbons (Fsp3) is 0.816. The molecule has 23 heteroatoms. The van der Waals surface area contributed by atoms with E-state index >= 15 is 0 Å². The number of ether oxygens (including phenoxy) is 16. The summed E-state index contributed by atoms with van der Waals surface area (Å²) in [5.74, 6) is -8.12. The van der Waals surface area contributed by atoms with Crippen molar-refractivity contribution in [2.45, 2.75) is 180 Å². The van der Waals surface area contributed by atoms with Gasteiger partial charge in [-0.25, -0.2) is 0 Å². The molecule has 0 bridgehead atoms. The molecule has 0 aromatic carbocycles. The highest BCUT2D eigenvalue weighted by atomic mass is 16.9. The molecule has 0 aliphatic carbocycles. The van der Waals surface area contributed by atoms with Crippen LogP contribution in [0.1, 0.15) is 76.2 Å². The summed E-state index contributed by atoms with van der Waals surface area (Å²) in [7, 11) is 0. The Hall–Kier alpha value is -4.07. The standard InChI is InChI=1S/C38H54O23/c1-15(39)46-12-22-25(49-17(3)41)28(50-18(4)42)32(53-21(7)45)35(55-22)57-26-23(13-47-16(2)40)54-34(31(52-20(6)44)29(26)51-19(5)43)48-14-24-27-30(59-37(8,9)58-27)33-36(56-24)61-38(10,11)60-33/h22-36H,12-14H2,1-11H3/t22?,23?,24?,25-,26+,27-,28?,29?,30?,31?,32?,33?,34+,35-,36+/m0/s1. The number of fused-ring (bicyclic) bond motifs is 3. The fourth-order valence-corrected chi connectivity index (χ4v) is 7.62. The first-order chi connectivity index (χ1) is 28.4. The molecular formula is C38H54O23. The Morgan fingerprint density at radius 3 is 1.34 bits per heavy atom. The molecule has 5 aliphatic heterocycles. The predicted molar refractivity (Wildman–Crippen MR) is 192 cm³/mol. The quantitative estimate of drug-likeness (QED) is 0.164. The molecule has 9 unspecified atom stereocenters. The minimum absolute atomic E-state index is 0.325. The van der Waals surface area contributed by atoms with Crippen molar-refractivity contribution in [1.29, 1.82) is 0 Å². The highest BCUT2D eigenvalue weighted by molar-refractivity contribution is 5.69. The van der Waals surface area contributed by atoms with Crippen LogP contribution in [-0.4, -0.2) is 165 Å². The molecule has 0 saturated carbocycles. The second-order valence-corrected chi connectivity index (χ2v) is 15.7. The average Bonchev–Trinajstić information content (AvgIpc) is 3.62. The zero-order chi connectivity index (χ0) is 45.1. The van der Waals surface area contributed by atoms with Gasteiger partial charge in [-0.3, -0.25) is 33.6 Å². The monoisotopic (exact) mass is 878 g/mol. The molecule has 5 rings (SSSR count). The Morgan fingerprint density at radius 1 is 0.410 bits per heavy atom. The van der Waals surface area contributed by atoms with Crippen molar-refractivity contribution in [1.82, 2.24) is 0 Å². The van der Waals surface area contributed by atoms with E-state index in [2.05, 4.69) is 0 Å². The zero-order valence-electron chi connectivity index (χ0n) is 35.7. The first-order valence-electron chi connectivity index (χ1n) is 19.5. The van der Waals surface area contributed by atoms with Crippen LogP contribution >= 0.6 is 0 Å². The van der Waals surface area contributed by atoms with Gasteiger partial charge in [-0.15, -0.1) is 0 Å². The Morgan fingerprint density at radius 2 is 0.820 bits per heavy atom. The lowest BCUT2D eigenvalue weighted by Gasteiger charge is -2.48. The fourth-order valence-electron chi connectivity index (χ4n) is 7.62. The zero-order valence-corrected chi connectivity index (χ0v) is 35.7. The molecule has 0 N–H and O–H groups in total. The van der Waals surface area contributed by atoms with Crippen molar-refractivity contribution in [3.05, 3.63) is 0 Å². The molecular weight excluding hydrogens is 824 g/mol. The molecule has 15 atom stereocenters. The Labute approximate surface area is 350 Å². The van der Waals surface area contributed by atoms with Gasteiger partial charge in [0.2, 0.25) is 0 Å². The molecule has 0 amide bonds. The van der Waals surface area contributed by atoms with Gasteiger partial charge in [-0.2, -0.15) is 0 Å². The molecule has 0 aromatic heterocycles. The van der Waals surface area contributed by atoms with Crippen LogP contribution in [0.3, 0.4) is 0 Å². The van der Waals surface area contributed by atoms with Gasteiger partial charge in [0.05, 0.1) is 6.61 Å². The van der Waals surface area contributed by atoms with E-state index in [0.717, 1.165) is 48.5 Å². The average molecular weight is 879 g/mol. The van der Waals surface area contributed by atoms with Crippen LogP contribution in [0.4, 0.5) is 0 Å². The van der Waals surface area contributed by atoms with E-state index in [0.29, 0.717) is 0 Å². The van der Waals surface area contributed by atoms with E-state index in [-0.39, 0.29) is 6.61 Å². The molecule has 23 nitrogen and oxygen atoms in total. The summed E-state index contributed by atoms with van der Waals surface area (Å²) in [6, 6.07) is 0. The lowest BCUT2D eigenvalue weighted by Crippen LogP contribution is -2.67. The van der Waals surface area contributed by atoms with Crippen LogP contribution < -0.4 is 0 Å². The number of hydrogen-bond acceptors (Lipinski definition) is 23. The third-order valence-electron chi connectivity index (χ3n) is 9.56. The number of carbonyl (C=O) groups is 7. The van der Waals surface area contributed by atoms with Crippen molar-refractivity contribution in [3.63, 3.8) is 0 Å². The molecule has 5 aliphatic rings. The van der Waals surface area contributed by atoms with E-state index < -0.39 is 159 Å². The summed E-state index contributed by atoms with van der Waals surface area (Å²) in [6.07, 6.45) is -20.1. The topological polar surface area (TPSA) is 267 Å². The van der Waals surface area contributed by atoms with Gasteiger partial charge in [0, 0.05) is 48.5 Å². The Bertz CT molecular complexity index is 1650. The van der Waals surface area contributed by atoms with Crippen LogP contribution in [0.25, 0.3) is 0 Å². The summed E-state index contributed by atoms with van der Waals surface area (Å²) < 4.78 is 94.2. The first-order valence-corrected chi connectivity index (χ1v) is 19.5. The molecule has 5 heterocycles. The van der Waals surface area contributed by atoms with E-state index in [1.807, 2.05) is 0 Å². The third-order valence-corrected chi connectivity index (χ3v) is 9.56. The van der Waals surface area contributed by atoms with Crippen LogP contribution in [0.15, 0.2) is 0 Å². The van der Waals surface area contributed by atoms with Crippen molar-refractivity contribution in [2.24, 2.45) is 0 Å². The van der Waals surface area contributed by atoms with Gasteiger partial charge in [0.15, 0.2) is 61.0 Å². The highest BCUT2D eigenvalue weighted by Crippen LogP contribution is 2.45. The molecule has 5 fully saturated rings. The summed E-state index contributed by atoms with van der Waals surface area (Å²) in [4.78, 5) is 86.9. The van der Waals surface area contributed by atoms with Gasteiger partial charge in [-0.05, 0) is 27.7 Å². The smallest absolute Gasteiger partial charge is 0.303 e. The third kappa shape index (κ3) is 12.3. The van der Waals surface area contributed by atoms with Crippen molar-refractivity contribution in [3.8, 4) is 0 Å². The minimum atomic E-state index is -1.84. The number of rotatable bonds is 14. The van der Waals surface area contributed by atoms with Crippen LogP contribution in [0, 0.1) is 0 Å². The predicted octanol–water partition coefficient (Wildman–Crippen LogP) is 0.0192. The maximum absolute atomic E-state index is 12.8. The number of hydrogen-bond donors (Lipinski definition) is 0.